The van der Waals surface area contributed by atoms with E-state index in [0.29, 0.717) is 17.5 Å². The standard InChI is InChI=1S/C51H32N4OS/c1-4-14-34(15-5-1)49-52-50(35-16-6-2-7-17-35)54-51(53-49)43-30-36(31-45-48(43)41-21-10-12-22-44(41)56-45)33-24-26-38(27-25-33)55(37-18-8-3-9-19-37)39-28-29-47-42(32-39)40-20-11-13-23-46(40)57-47/h1-32H. The van der Waals surface area contributed by atoms with Crippen molar-refractivity contribution in [1.29, 1.82) is 0 Å². The molecule has 0 aliphatic rings. The smallest absolute Gasteiger partial charge is 0.164 e. The predicted molar refractivity (Wildman–Crippen MR) is 236 cm³/mol. The Bertz CT molecular complexity index is 3170. The summed E-state index contributed by atoms with van der Waals surface area (Å²) in [5.41, 5.74) is 9.64. The van der Waals surface area contributed by atoms with Gasteiger partial charge in [0.05, 0.1) is 0 Å². The van der Waals surface area contributed by atoms with E-state index in [4.69, 9.17) is 19.4 Å². The fourth-order valence-corrected chi connectivity index (χ4v) is 8.89. The van der Waals surface area contributed by atoms with Crippen molar-refractivity contribution in [3.05, 3.63) is 194 Å². The van der Waals surface area contributed by atoms with Crippen LogP contribution in [-0.4, -0.2) is 15.0 Å². The van der Waals surface area contributed by atoms with Gasteiger partial charge in [-0.3, -0.25) is 0 Å². The Morgan fingerprint density at radius 2 is 0.930 bits per heavy atom. The van der Waals surface area contributed by atoms with Crippen molar-refractivity contribution in [2.75, 3.05) is 4.90 Å². The minimum Gasteiger partial charge on any atom is -0.456 e. The minimum atomic E-state index is 0.587. The van der Waals surface area contributed by atoms with Gasteiger partial charge in [-0.2, -0.15) is 0 Å². The first-order chi connectivity index (χ1) is 28.2. The van der Waals surface area contributed by atoms with Gasteiger partial charge in [-0.25, -0.2) is 15.0 Å². The lowest BCUT2D eigenvalue weighted by atomic mass is 9.97. The summed E-state index contributed by atoms with van der Waals surface area (Å²) in [5.74, 6) is 1.82. The summed E-state index contributed by atoms with van der Waals surface area (Å²) >= 11 is 1.84. The van der Waals surface area contributed by atoms with E-state index in [9.17, 15) is 0 Å². The molecule has 6 heteroatoms. The van der Waals surface area contributed by atoms with E-state index in [2.05, 4.69) is 120 Å². The molecule has 0 atom stereocenters. The van der Waals surface area contributed by atoms with Crippen LogP contribution in [0.5, 0.6) is 0 Å². The number of aromatic nitrogens is 3. The molecule has 0 aliphatic carbocycles. The van der Waals surface area contributed by atoms with Crippen LogP contribution in [0.1, 0.15) is 0 Å². The zero-order valence-electron chi connectivity index (χ0n) is 30.6. The summed E-state index contributed by atoms with van der Waals surface area (Å²) in [6, 6.07) is 67.5. The van der Waals surface area contributed by atoms with Gasteiger partial charge in [0, 0.05) is 64.7 Å². The average molecular weight is 749 g/mol. The molecule has 5 nitrogen and oxygen atoms in total. The predicted octanol–water partition coefficient (Wildman–Crippen LogP) is 14.3. The van der Waals surface area contributed by atoms with Gasteiger partial charge in [0.2, 0.25) is 0 Å². The molecule has 57 heavy (non-hydrogen) atoms. The highest BCUT2D eigenvalue weighted by molar-refractivity contribution is 7.25. The summed E-state index contributed by atoms with van der Waals surface area (Å²) in [7, 11) is 0. The highest BCUT2D eigenvalue weighted by atomic mass is 32.1. The molecule has 0 aliphatic heterocycles. The Balaban J connectivity index is 1.07. The molecule has 0 saturated heterocycles. The number of nitrogens with zero attached hydrogens (tertiary/aromatic N) is 4. The van der Waals surface area contributed by atoms with Gasteiger partial charge in [0.1, 0.15) is 11.2 Å². The van der Waals surface area contributed by atoms with E-state index < -0.39 is 0 Å². The highest BCUT2D eigenvalue weighted by Crippen LogP contribution is 2.43. The normalized spacial score (nSPS) is 11.5. The van der Waals surface area contributed by atoms with Gasteiger partial charge in [-0.1, -0.05) is 127 Å². The van der Waals surface area contributed by atoms with Crippen molar-refractivity contribution in [3.63, 3.8) is 0 Å². The number of furan rings is 1. The first-order valence-electron chi connectivity index (χ1n) is 18.9. The fourth-order valence-electron chi connectivity index (χ4n) is 7.81. The molecule has 0 saturated carbocycles. The lowest BCUT2D eigenvalue weighted by molar-refractivity contribution is 0.669. The molecule has 0 N–H and O–H groups in total. The zero-order valence-corrected chi connectivity index (χ0v) is 31.4. The van der Waals surface area contributed by atoms with E-state index in [-0.39, 0.29) is 0 Å². The second kappa shape index (κ2) is 13.7. The maximum atomic E-state index is 6.56. The third-order valence-corrected chi connectivity index (χ3v) is 11.7. The van der Waals surface area contributed by atoms with Crippen molar-refractivity contribution in [3.8, 4) is 45.3 Å². The summed E-state index contributed by atoms with van der Waals surface area (Å²) in [6.07, 6.45) is 0. The maximum absolute atomic E-state index is 6.56. The second-order valence-electron chi connectivity index (χ2n) is 14.0. The van der Waals surface area contributed by atoms with Crippen LogP contribution in [0.3, 0.4) is 0 Å². The van der Waals surface area contributed by atoms with E-state index in [1.165, 1.54) is 20.2 Å². The molecular weight excluding hydrogens is 717 g/mol. The van der Waals surface area contributed by atoms with Crippen LogP contribution in [0.15, 0.2) is 199 Å². The largest absolute Gasteiger partial charge is 0.456 e. The SMILES string of the molecule is c1ccc(-c2nc(-c3ccccc3)nc(-c3cc(-c4ccc(N(c5ccccc5)c5ccc6sc7ccccc7c6c5)cc4)cc4oc5ccccc5c34)n2)cc1. The number of hydrogen-bond donors (Lipinski definition) is 0. The Morgan fingerprint density at radius 1 is 0.368 bits per heavy atom. The van der Waals surface area contributed by atoms with Crippen LogP contribution >= 0.6 is 11.3 Å². The van der Waals surface area contributed by atoms with Crippen molar-refractivity contribution in [1.82, 2.24) is 15.0 Å². The number of fused-ring (bicyclic) bond motifs is 6. The number of benzene rings is 8. The van der Waals surface area contributed by atoms with Crippen LogP contribution in [0.2, 0.25) is 0 Å². The zero-order chi connectivity index (χ0) is 37.7. The van der Waals surface area contributed by atoms with Crippen LogP contribution in [0, 0.1) is 0 Å². The maximum Gasteiger partial charge on any atom is 0.164 e. The van der Waals surface area contributed by atoms with Crippen LogP contribution < -0.4 is 4.90 Å². The van der Waals surface area contributed by atoms with Crippen LogP contribution in [-0.2, 0) is 0 Å². The summed E-state index contributed by atoms with van der Waals surface area (Å²) < 4.78 is 9.14. The Morgan fingerprint density at radius 3 is 1.65 bits per heavy atom. The molecule has 11 rings (SSSR count). The molecule has 0 amide bonds. The van der Waals surface area contributed by atoms with Crippen molar-refractivity contribution in [2.24, 2.45) is 0 Å². The minimum absolute atomic E-state index is 0.587. The summed E-state index contributed by atoms with van der Waals surface area (Å²) in [5, 5.41) is 4.54. The van der Waals surface area contributed by atoms with Crippen molar-refractivity contribution >= 4 is 70.5 Å². The topological polar surface area (TPSA) is 55.1 Å². The van der Waals surface area contributed by atoms with Gasteiger partial charge in [-0.15, -0.1) is 11.3 Å². The number of thiophene rings is 1. The monoisotopic (exact) mass is 748 g/mol. The first kappa shape index (κ1) is 33.0. The lowest BCUT2D eigenvalue weighted by Crippen LogP contribution is -2.09. The molecule has 11 aromatic rings. The molecule has 0 bridgehead atoms. The van der Waals surface area contributed by atoms with Crippen molar-refractivity contribution < 1.29 is 4.42 Å². The molecule has 0 unspecified atom stereocenters. The molecule has 0 spiro atoms. The molecule has 0 radical (unpaired) electrons. The van der Waals surface area contributed by atoms with Gasteiger partial charge in [0.15, 0.2) is 17.5 Å². The fraction of sp³-hybridized carbons (Fsp3) is 0. The number of hydrogen-bond acceptors (Lipinski definition) is 6. The highest BCUT2D eigenvalue weighted by Gasteiger charge is 2.21. The van der Waals surface area contributed by atoms with Crippen LogP contribution in [0.25, 0.3) is 87.4 Å². The first-order valence-corrected chi connectivity index (χ1v) is 19.7. The Labute approximate surface area is 332 Å². The third-order valence-electron chi connectivity index (χ3n) is 10.5. The molecule has 8 aromatic carbocycles. The van der Waals surface area contributed by atoms with E-state index in [0.717, 1.165) is 66.8 Å². The Hall–Kier alpha value is -7.41. The number of anilines is 3. The molecule has 268 valence electrons. The summed E-state index contributed by atoms with van der Waals surface area (Å²) in [4.78, 5) is 17.6. The van der Waals surface area contributed by atoms with E-state index >= 15 is 0 Å². The van der Waals surface area contributed by atoms with E-state index in [1.54, 1.807) is 0 Å². The second-order valence-corrected chi connectivity index (χ2v) is 15.1. The number of para-hydroxylation sites is 2. The van der Waals surface area contributed by atoms with E-state index in [1.807, 2.05) is 90.2 Å². The van der Waals surface area contributed by atoms with Crippen molar-refractivity contribution in [2.45, 2.75) is 0 Å². The van der Waals surface area contributed by atoms with Gasteiger partial charge in [0.25, 0.3) is 0 Å². The molecular formula is C51H32N4OS. The van der Waals surface area contributed by atoms with Gasteiger partial charge < -0.3 is 9.32 Å². The quantitative estimate of drug-likeness (QED) is 0.162. The number of rotatable bonds is 7. The lowest BCUT2D eigenvalue weighted by Gasteiger charge is -2.26. The molecule has 3 aromatic heterocycles. The molecule has 0 fully saturated rings. The third kappa shape index (κ3) is 5.91. The van der Waals surface area contributed by atoms with Gasteiger partial charge in [-0.05, 0) is 77.9 Å². The van der Waals surface area contributed by atoms with Crippen LogP contribution in [0.4, 0.5) is 17.1 Å². The molecule has 3 heterocycles. The average Bonchev–Trinajstić information content (AvgIpc) is 3.85. The van der Waals surface area contributed by atoms with Gasteiger partial charge >= 0.3 is 0 Å². The Kier molecular flexibility index (Phi) is 7.93. The summed E-state index contributed by atoms with van der Waals surface area (Å²) in [6.45, 7) is 0.